The molecule has 5 atom stereocenters. The predicted molar refractivity (Wildman–Crippen MR) is 152 cm³/mol. The van der Waals surface area contributed by atoms with Gasteiger partial charge in [-0.25, -0.2) is 9.68 Å². The van der Waals surface area contributed by atoms with E-state index in [0.29, 0.717) is 31.6 Å². The molecule has 0 aromatic heterocycles. The summed E-state index contributed by atoms with van der Waals surface area (Å²) in [7, 11) is 0. The molecule has 2 rings (SSSR count). The molecule has 2 aliphatic rings. The summed E-state index contributed by atoms with van der Waals surface area (Å²) in [6.07, 6.45) is 8.23. The number of carbonyl (C=O) groups is 4. The van der Waals surface area contributed by atoms with Crippen molar-refractivity contribution in [3.8, 4) is 0 Å². The van der Waals surface area contributed by atoms with Gasteiger partial charge in [-0.05, 0) is 25.7 Å². The van der Waals surface area contributed by atoms with Crippen molar-refractivity contribution >= 4 is 47.6 Å². The van der Waals surface area contributed by atoms with Crippen LogP contribution in [0.15, 0.2) is 0 Å². The second kappa shape index (κ2) is 19.4. The lowest BCUT2D eigenvalue weighted by molar-refractivity contribution is -0.191. The molecule has 0 aliphatic carbocycles. The third kappa shape index (κ3) is 13.0. The zero-order chi connectivity index (χ0) is 28.5. The summed E-state index contributed by atoms with van der Waals surface area (Å²) < 4.78 is 4.99. The van der Waals surface area contributed by atoms with Gasteiger partial charge in [-0.2, -0.15) is 16.1 Å². The van der Waals surface area contributed by atoms with Gasteiger partial charge in [-0.15, -0.1) is 0 Å². The van der Waals surface area contributed by atoms with E-state index in [-0.39, 0.29) is 35.7 Å². The van der Waals surface area contributed by atoms with Gasteiger partial charge in [0, 0.05) is 35.2 Å². The molecule has 4 amide bonds. The van der Waals surface area contributed by atoms with E-state index in [9.17, 15) is 24.3 Å². The number of amides is 4. The SMILES string of the molecule is CCCCCCOOSCCC(=O)NNC(=O)C(CCCC)NC(CCC[C@@H]1SC[C@@H]2NC(=O)N[C@@H]21)C(=O)O. The maximum Gasteiger partial charge on any atom is 0.320 e. The molecule has 2 heterocycles. The number of hydrogen-bond acceptors (Lipinski definition) is 9. The quantitative estimate of drug-likeness (QED) is 0.0384. The lowest BCUT2D eigenvalue weighted by Gasteiger charge is -2.24. The number of nitrogens with one attached hydrogen (secondary N) is 5. The van der Waals surface area contributed by atoms with Crippen LogP contribution in [0.1, 0.15) is 84.5 Å². The zero-order valence-corrected chi connectivity index (χ0v) is 24.6. The molecule has 0 spiro atoms. The van der Waals surface area contributed by atoms with Crippen molar-refractivity contribution in [1.29, 1.82) is 0 Å². The summed E-state index contributed by atoms with van der Waals surface area (Å²) in [5.74, 6) is -0.678. The minimum absolute atomic E-state index is 0.0680. The Hall–Kier alpha value is -1.74. The Labute approximate surface area is 239 Å². The Morgan fingerprint density at radius 3 is 2.56 bits per heavy atom. The molecule has 14 heteroatoms. The molecule has 2 aliphatic heterocycles. The first-order valence-electron chi connectivity index (χ1n) is 14.0. The number of thioether (sulfide) groups is 1. The van der Waals surface area contributed by atoms with Crippen molar-refractivity contribution in [3.05, 3.63) is 0 Å². The van der Waals surface area contributed by atoms with E-state index in [2.05, 4.69) is 33.7 Å². The first-order valence-corrected chi connectivity index (χ1v) is 16.0. The lowest BCUT2D eigenvalue weighted by atomic mass is 10.0. The molecule has 224 valence electrons. The van der Waals surface area contributed by atoms with Crippen LogP contribution >= 0.6 is 23.8 Å². The lowest BCUT2D eigenvalue weighted by Crippen LogP contribution is -2.54. The topological polar surface area (TPSA) is 167 Å². The van der Waals surface area contributed by atoms with Crippen LogP contribution in [0.4, 0.5) is 4.79 Å². The van der Waals surface area contributed by atoms with Gasteiger partial charge in [0.25, 0.3) is 5.91 Å². The smallest absolute Gasteiger partial charge is 0.320 e. The molecule has 2 fully saturated rings. The number of urea groups is 1. The number of hydrazine groups is 1. The number of unbranched alkanes of at least 4 members (excludes halogenated alkanes) is 4. The fourth-order valence-electron chi connectivity index (χ4n) is 4.49. The summed E-state index contributed by atoms with van der Waals surface area (Å²) in [6.45, 7) is 4.64. The fourth-order valence-corrected chi connectivity index (χ4v) is 6.51. The summed E-state index contributed by atoms with van der Waals surface area (Å²) in [5, 5.41) is 18.8. The highest BCUT2D eigenvalue weighted by molar-refractivity contribution is 8.00. The monoisotopic (exact) mass is 591 g/mol. The van der Waals surface area contributed by atoms with E-state index in [0.717, 1.165) is 62.7 Å². The van der Waals surface area contributed by atoms with Crippen molar-refractivity contribution < 1.29 is 33.5 Å². The van der Waals surface area contributed by atoms with Crippen LogP contribution in [-0.4, -0.2) is 76.5 Å². The van der Waals surface area contributed by atoms with Crippen LogP contribution in [0.3, 0.4) is 0 Å². The van der Waals surface area contributed by atoms with Gasteiger partial charge in [0.1, 0.15) is 6.04 Å². The highest BCUT2D eigenvalue weighted by Crippen LogP contribution is 2.33. The minimum Gasteiger partial charge on any atom is -0.480 e. The predicted octanol–water partition coefficient (Wildman–Crippen LogP) is 2.64. The number of hydrogen-bond donors (Lipinski definition) is 6. The molecule has 0 aromatic rings. The first kappa shape index (κ1) is 33.5. The normalized spacial score (nSPS) is 21.5. The van der Waals surface area contributed by atoms with Crippen molar-refractivity contribution in [2.75, 3.05) is 18.1 Å². The van der Waals surface area contributed by atoms with Gasteiger partial charge in [0.15, 0.2) is 0 Å². The number of aliphatic carboxylic acids is 1. The maximum atomic E-state index is 12.8. The molecule has 0 saturated carbocycles. The molecule has 0 bridgehead atoms. The van der Waals surface area contributed by atoms with E-state index in [1.165, 1.54) is 0 Å². The van der Waals surface area contributed by atoms with Crippen LogP contribution in [0.5, 0.6) is 0 Å². The van der Waals surface area contributed by atoms with Crippen LogP contribution in [0.25, 0.3) is 0 Å². The van der Waals surface area contributed by atoms with E-state index >= 15 is 0 Å². The van der Waals surface area contributed by atoms with Crippen LogP contribution in [0.2, 0.25) is 0 Å². The second-order valence-corrected chi connectivity index (χ2v) is 11.9. The highest BCUT2D eigenvalue weighted by Gasteiger charge is 2.42. The summed E-state index contributed by atoms with van der Waals surface area (Å²) >= 11 is 2.81. The highest BCUT2D eigenvalue weighted by atomic mass is 32.2. The van der Waals surface area contributed by atoms with Gasteiger partial charge in [-0.1, -0.05) is 52.4 Å². The summed E-state index contributed by atoms with van der Waals surface area (Å²) in [4.78, 5) is 53.5. The standard InChI is InChI=1S/C25H45N5O7S2/c1-3-5-7-8-14-36-37-39-15-13-21(31)29-30-23(32)17(10-6-4-2)26-18(24(33)34)11-9-12-20-22-19(16-38-20)27-25(35)28-22/h17-20,22,26H,3-16H2,1-2H3,(H,29,31)(H,30,32)(H,33,34)(H2,27,28,35)/t17?,18?,19-,20-,22-/m0/s1. The van der Waals surface area contributed by atoms with E-state index in [1.807, 2.05) is 6.92 Å². The average Bonchev–Trinajstić information content (AvgIpc) is 3.46. The van der Waals surface area contributed by atoms with E-state index < -0.39 is 24.0 Å². The Kier molecular flexibility index (Phi) is 16.6. The van der Waals surface area contributed by atoms with Gasteiger partial charge in [-0.3, -0.25) is 30.6 Å². The second-order valence-electron chi connectivity index (χ2n) is 9.87. The van der Waals surface area contributed by atoms with E-state index in [4.69, 9.17) is 9.22 Å². The Morgan fingerprint density at radius 1 is 1.05 bits per heavy atom. The number of carboxylic acids is 1. The Bertz CT molecular complexity index is 779. The molecule has 39 heavy (non-hydrogen) atoms. The van der Waals surface area contributed by atoms with Crippen molar-refractivity contribution in [2.45, 2.75) is 114 Å². The maximum absolute atomic E-state index is 12.8. The molecule has 0 radical (unpaired) electrons. The number of rotatable bonds is 21. The Balaban J connectivity index is 1.69. The van der Waals surface area contributed by atoms with Crippen molar-refractivity contribution in [1.82, 2.24) is 26.8 Å². The third-order valence-corrected chi connectivity index (χ3v) is 8.77. The molecule has 12 nitrogen and oxygen atoms in total. The first-order chi connectivity index (χ1) is 18.8. The van der Waals surface area contributed by atoms with Gasteiger partial charge < -0.3 is 15.7 Å². The number of carboxylic acid groups (broad SMARTS) is 1. The number of fused-ring (bicyclic) bond motifs is 1. The van der Waals surface area contributed by atoms with Gasteiger partial charge in [0.05, 0.1) is 24.7 Å². The molecule has 0 aromatic carbocycles. The van der Waals surface area contributed by atoms with Crippen LogP contribution < -0.4 is 26.8 Å². The fraction of sp³-hybridized carbons (Fsp3) is 0.840. The van der Waals surface area contributed by atoms with E-state index in [1.54, 1.807) is 11.8 Å². The molecule has 2 unspecified atom stereocenters. The molecule has 2 saturated heterocycles. The van der Waals surface area contributed by atoms with Crippen molar-refractivity contribution in [2.24, 2.45) is 0 Å². The average molecular weight is 592 g/mol. The Morgan fingerprint density at radius 2 is 1.82 bits per heavy atom. The number of carbonyl (C=O) groups excluding carboxylic acids is 3. The summed E-state index contributed by atoms with van der Waals surface area (Å²) in [6, 6.07) is -1.61. The summed E-state index contributed by atoms with van der Waals surface area (Å²) in [5.41, 5.74) is 4.81. The van der Waals surface area contributed by atoms with Crippen molar-refractivity contribution in [3.63, 3.8) is 0 Å². The van der Waals surface area contributed by atoms with Gasteiger partial charge >= 0.3 is 12.0 Å². The largest absolute Gasteiger partial charge is 0.480 e. The molecule has 6 N–H and O–H groups in total. The van der Waals surface area contributed by atoms with Gasteiger partial charge in [0.2, 0.25) is 5.91 Å². The zero-order valence-electron chi connectivity index (χ0n) is 23.0. The molecular weight excluding hydrogens is 546 g/mol. The minimum atomic E-state index is -1.02. The van der Waals surface area contributed by atoms with Crippen LogP contribution in [-0.2, 0) is 23.6 Å². The van der Waals surface area contributed by atoms with Crippen LogP contribution in [0, 0.1) is 0 Å². The molecular formula is C25H45N5O7S2. The third-order valence-electron chi connectivity index (χ3n) is 6.70.